The summed E-state index contributed by atoms with van der Waals surface area (Å²) in [6.07, 6.45) is -5.38. The summed E-state index contributed by atoms with van der Waals surface area (Å²) in [6, 6.07) is 0.880. The molecule has 0 fully saturated rings. The van der Waals surface area contributed by atoms with Crippen molar-refractivity contribution in [2.45, 2.75) is 26.6 Å². The quantitative estimate of drug-likeness (QED) is 0.851. The molecule has 1 aromatic heterocycles. The van der Waals surface area contributed by atoms with Crippen LogP contribution in [0.25, 0.3) is 0 Å². The average molecular weight is 279 g/mol. The molecule has 0 unspecified atom stereocenters. The second-order valence-corrected chi connectivity index (χ2v) is 3.64. The van der Waals surface area contributed by atoms with Gasteiger partial charge < -0.3 is 14.5 Å². The van der Waals surface area contributed by atoms with Crippen molar-refractivity contribution < 1.29 is 27.4 Å². The van der Waals surface area contributed by atoms with Gasteiger partial charge in [-0.25, -0.2) is 0 Å². The van der Waals surface area contributed by atoms with Crippen LogP contribution in [0, 0.1) is 6.92 Å². The molecule has 0 aliphatic carbocycles. The Labute approximate surface area is 106 Å². The van der Waals surface area contributed by atoms with Crippen LogP contribution in [0.4, 0.5) is 13.2 Å². The van der Waals surface area contributed by atoms with Crippen LogP contribution in [0.1, 0.15) is 18.2 Å². The minimum atomic E-state index is -4.91. The summed E-state index contributed by atoms with van der Waals surface area (Å²) >= 11 is 0. The molecule has 0 aliphatic rings. The minimum absolute atomic E-state index is 0.0937. The number of carbonyl (C=O) groups excluding carboxylic acids is 1. The van der Waals surface area contributed by atoms with Gasteiger partial charge in [0.15, 0.2) is 5.75 Å². The predicted octanol–water partition coefficient (Wildman–Crippen LogP) is 1.69. The molecule has 1 N–H and O–H groups in total. The summed E-state index contributed by atoms with van der Waals surface area (Å²) in [6.45, 7) is 2.90. The van der Waals surface area contributed by atoms with Crippen LogP contribution in [-0.4, -0.2) is 23.9 Å². The number of ether oxygens (including phenoxy) is 2. The van der Waals surface area contributed by atoms with E-state index >= 15 is 0 Å². The third-order valence-corrected chi connectivity index (χ3v) is 2.11. The molecule has 5 nitrogen and oxygen atoms in total. The van der Waals surface area contributed by atoms with Crippen LogP contribution >= 0.6 is 0 Å². The Morgan fingerprint density at radius 3 is 2.58 bits per heavy atom. The third kappa shape index (κ3) is 4.65. The van der Waals surface area contributed by atoms with Crippen molar-refractivity contribution >= 4 is 5.97 Å². The molecule has 1 rings (SSSR count). The highest BCUT2D eigenvalue weighted by molar-refractivity contribution is 5.73. The zero-order valence-electron chi connectivity index (χ0n) is 10.3. The van der Waals surface area contributed by atoms with E-state index in [9.17, 15) is 22.8 Å². The molecule has 0 bridgehead atoms. The molecular formula is C11H12F3NO4. The fourth-order valence-electron chi connectivity index (χ4n) is 1.50. The number of nitrogens with one attached hydrogen (secondary N) is 1. The van der Waals surface area contributed by atoms with Gasteiger partial charge in [0.1, 0.15) is 0 Å². The smallest absolute Gasteiger partial charge is 0.466 e. The lowest BCUT2D eigenvalue weighted by Crippen LogP contribution is -2.22. The monoisotopic (exact) mass is 279 g/mol. The molecular weight excluding hydrogens is 267 g/mol. The summed E-state index contributed by atoms with van der Waals surface area (Å²) in [5.74, 6) is -1.32. The van der Waals surface area contributed by atoms with Gasteiger partial charge in [-0.05, 0) is 13.8 Å². The molecule has 8 heteroatoms. The van der Waals surface area contributed by atoms with Crippen LogP contribution in [0.5, 0.6) is 5.75 Å². The number of H-pyrrole nitrogens is 1. The molecule has 1 aromatic rings. The first-order valence-electron chi connectivity index (χ1n) is 5.37. The fraction of sp³-hybridized carbons (Fsp3) is 0.455. The summed E-state index contributed by atoms with van der Waals surface area (Å²) in [4.78, 5) is 24.7. The SMILES string of the molecule is CCOC(=O)Cc1cc(=O)[nH]c(C)c1OC(F)(F)F. The maximum absolute atomic E-state index is 12.3. The molecule has 1 heterocycles. The number of halogens is 3. The maximum Gasteiger partial charge on any atom is 0.573 e. The van der Waals surface area contributed by atoms with Crippen molar-refractivity contribution in [3.63, 3.8) is 0 Å². The van der Waals surface area contributed by atoms with Gasteiger partial charge in [-0.15, -0.1) is 13.2 Å². The molecule has 0 aromatic carbocycles. The van der Waals surface area contributed by atoms with E-state index in [2.05, 4.69) is 14.5 Å². The van der Waals surface area contributed by atoms with Gasteiger partial charge in [-0.2, -0.15) is 0 Å². The maximum atomic E-state index is 12.3. The van der Waals surface area contributed by atoms with Crippen molar-refractivity contribution in [3.8, 4) is 5.75 Å². The van der Waals surface area contributed by atoms with Crippen LogP contribution in [0.15, 0.2) is 10.9 Å². The molecule has 0 saturated carbocycles. The molecule has 0 saturated heterocycles. The van der Waals surface area contributed by atoms with Crippen molar-refractivity contribution in [1.82, 2.24) is 4.98 Å². The standard InChI is InChI=1S/C11H12F3NO4/c1-3-18-9(17)5-7-4-8(16)15-6(2)10(7)19-11(12,13)14/h4H,3,5H2,1-2H3,(H,15,16). The summed E-state index contributed by atoms with van der Waals surface area (Å²) < 4.78 is 45.2. The number of aromatic nitrogens is 1. The van der Waals surface area contributed by atoms with Crippen molar-refractivity contribution in [2.24, 2.45) is 0 Å². The predicted molar refractivity (Wildman–Crippen MR) is 58.8 cm³/mol. The molecule has 106 valence electrons. The Balaban J connectivity index is 3.13. The first-order chi connectivity index (χ1) is 8.73. The van der Waals surface area contributed by atoms with E-state index in [4.69, 9.17) is 0 Å². The van der Waals surface area contributed by atoms with Crippen molar-refractivity contribution in [1.29, 1.82) is 0 Å². The van der Waals surface area contributed by atoms with E-state index in [1.807, 2.05) is 0 Å². The topological polar surface area (TPSA) is 68.4 Å². The van der Waals surface area contributed by atoms with Crippen LogP contribution < -0.4 is 10.3 Å². The van der Waals surface area contributed by atoms with E-state index in [1.165, 1.54) is 6.92 Å². The Kier molecular flexibility index (Phi) is 4.57. The van der Waals surface area contributed by atoms with Gasteiger partial charge in [0, 0.05) is 11.6 Å². The zero-order chi connectivity index (χ0) is 14.6. The van der Waals surface area contributed by atoms with Crippen LogP contribution in [-0.2, 0) is 16.0 Å². The Morgan fingerprint density at radius 2 is 2.05 bits per heavy atom. The number of aromatic amines is 1. The van der Waals surface area contributed by atoms with Gasteiger partial charge >= 0.3 is 12.3 Å². The summed E-state index contributed by atoms with van der Waals surface area (Å²) in [5, 5.41) is 0. The lowest BCUT2D eigenvalue weighted by atomic mass is 10.1. The van der Waals surface area contributed by atoms with Crippen LogP contribution in [0.3, 0.4) is 0 Å². The van der Waals surface area contributed by atoms with Crippen LogP contribution in [0.2, 0.25) is 0 Å². The Bertz CT molecular complexity index is 522. The zero-order valence-corrected chi connectivity index (χ0v) is 10.3. The molecule has 0 radical (unpaired) electrons. The van der Waals surface area contributed by atoms with Gasteiger partial charge in [0.05, 0.1) is 18.7 Å². The fourth-order valence-corrected chi connectivity index (χ4v) is 1.50. The summed E-state index contributed by atoms with van der Waals surface area (Å²) in [7, 11) is 0. The highest BCUT2D eigenvalue weighted by atomic mass is 19.4. The number of pyridine rings is 1. The largest absolute Gasteiger partial charge is 0.573 e. The number of hydrogen-bond acceptors (Lipinski definition) is 4. The van der Waals surface area contributed by atoms with Gasteiger partial charge in [-0.1, -0.05) is 0 Å². The second kappa shape index (κ2) is 5.77. The first kappa shape index (κ1) is 15.1. The van der Waals surface area contributed by atoms with E-state index in [0.29, 0.717) is 0 Å². The number of hydrogen-bond donors (Lipinski definition) is 1. The Morgan fingerprint density at radius 1 is 1.42 bits per heavy atom. The number of carbonyl (C=O) groups is 1. The number of aryl methyl sites for hydroxylation is 1. The molecule has 0 atom stereocenters. The van der Waals surface area contributed by atoms with E-state index in [-0.39, 0.29) is 17.9 Å². The second-order valence-electron chi connectivity index (χ2n) is 3.64. The molecule has 19 heavy (non-hydrogen) atoms. The van der Waals surface area contributed by atoms with E-state index < -0.39 is 30.1 Å². The lowest BCUT2D eigenvalue weighted by molar-refractivity contribution is -0.275. The lowest BCUT2D eigenvalue weighted by Gasteiger charge is -2.14. The van der Waals surface area contributed by atoms with E-state index in [1.54, 1.807) is 6.92 Å². The number of alkyl halides is 3. The van der Waals surface area contributed by atoms with Crippen molar-refractivity contribution in [2.75, 3.05) is 6.61 Å². The Hall–Kier alpha value is -1.99. The van der Waals surface area contributed by atoms with E-state index in [0.717, 1.165) is 6.07 Å². The van der Waals surface area contributed by atoms with Gasteiger partial charge in [0.2, 0.25) is 5.56 Å². The van der Waals surface area contributed by atoms with Crippen molar-refractivity contribution in [3.05, 3.63) is 27.7 Å². The third-order valence-electron chi connectivity index (χ3n) is 2.11. The molecule has 0 spiro atoms. The summed E-state index contributed by atoms with van der Waals surface area (Å²) in [5.41, 5.74) is -0.896. The molecule has 0 aliphatic heterocycles. The van der Waals surface area contributed by atoms with Gasteiger partial charge in [-0.3, -0.25) is 9.59 Å². The number of rotatable bonds is 4. The highest BCUT2D eigenvalue weighted by Crippen LogP contribution is 2.28. The average Bonchev–Trinajstić information content (AvgIpc) is 2.22. The molecule has 0 amide bonds. The first-order valence-corrected chi connectivity index (χ1v) is 5.37. The normalized spacial score (nSPS) is 11.2. The number of esters is 1. The minimum Gasteiger partial charge on any atom is -0.466 e. The highest BCUT2D eigenvalue weighted by Gasteiger charge is 2.33. The van der Waals surface area contributed by atoms with Gasteiger partial charge in [0.25, 0.3) is 0 Å².